The topological polar surface area (TPSA) is 237 Å². The van der Waals surface area contributed by atoms with Crippen LogP contribution in [0.4, 0.5) is 0 Å². The maximum atomic E-state index is 12.9. The van der Waals surface area contributed by atoms with Crippen LogP contribution in [-0.2, 0) is 65.4 Å². The second-order valence-electron chi connectivity index (χ2n) is 21.3. The number of rotatable bonds is 55. The van der Waals surface area contributed by atoms with Crippen LogP contribution < -0.4 is 0 Å². The van der Waals surface area contributed by atoms with E-state index in [9.17, 15) is 43.2 Å². The molecule has 0 fully saturated rings. The molecule has 0 spiro atoms. The largest absolute Gasteiger partial charge is 0.472 e. The SMILES string of the molecule is CCCCCCCCCCCC(=O)O[C@H](COC(=O)CCCCCCCCCC)COP(=O)(O)OC[C@H](O)COP(=O)(O)OC[C@@H](COC(=O)CCCCCCCCC(C)C)OC(=O)CCCCCCCCC(C)C. The molecule has 0 saturated heterocycles. The Hall–Kier alpha value is -1.94. The molecule has 0 aliphatic carbocycles. The van der Waals surface area contributed by atoms with Gasteiger partial charge in [0.1, 0.15) is 19.3 Å². The fraction of sp³-hybridized carbons (Fsp3) is 0.929. The van der Waals surface area contributed by atoms with Crippen molar-refractivity contribution in [3.05, 3.63) is 0 Å². The van der Waals surface area contributed by atoms with Gasteiger partial charge in [0.15, 0.2) is 12.2 Å². The van der Waals surface area contributed by atoms with E-state index in [-0.39, 0.29) is 25.7 Å². The Balaban J connectivity index is 5.22. The highest BCUT2D eigenvalue weighted by atomic mass is 31.2. The average Bonchev–Trinajstić information content (AvgIpc) is 3.36. The molecule has 0 aromatic heterocycles. The molecule has 5 atom stereocenters. The van der Waals surface area contributed by atoms with Crippen LogP contribution in [0.1, 0.15) is 266 Å². The number of aliphatic hydroxyl groups is 1. The highest BCUT2D eigenvalue weighted by Crippen LogP contribution is 2.45. The lowest BCUT2D eigenvalue weighted by Crippen LogP contribution is -2.30. The number of carbonyl (C=O) groups excluding carboxylic acids is 4. The van der Waals surface area contributed by atoms with E-state index in [1.54, 1.807) is 0 Å². The van der Waals surface area contributed by atoms with Crippen LogP contribution in [0.5, 0.6) is 0 Å². The molecule has 0 rings (SSSR count). The molecular weight excluding hydrogens is 1010 g/mol. The molecule has 0 aromatic rings. The zero-order valence-electron chi connectivity index (χ0n) is 47.8. The van der Waals surface area contributed by atoms with Gasteiger partial charge in [0, 0.05) is 25.7 Å². The monoisotopic (exact) mass is 1110 g/mol. The van der Waals surface area contributed by atoms with E-state index in [0.717, 1.165) is 103 Å². The van der Waals surface area contributed by atoms with Crippen molar-refractivity contribution in [1.82, 2.24) is 0 Å². The second kappa shape index (κ2) is 49.1. The molecule has 3 N–H and O–H groups in total. The molecule has 75 heavy (non-hydrogen) atoms. The van der Waals surface area contributed by atoms with Crippen molar-refractivity contribution >= 4 is 39.5 Å². The predicted octanol–water partition coefficient (Wildman–Crippen LogP) is 14.5. The fourth-order valence-electron chi connectivity index (χ4n) is 8.12. The summed E-state index contributed by atoms with van der Waals surface area (Å²) < 4.78 is 67.5. The van der Waals surface area contributed by atoms with Gasteiger partial charge in [0.05, 0.1) is 26.4 Å². The van der Waals surface area contributed by atoms with Gasteiger partial charge in [0.25, 0.3) is 0 Å². The summed E-state index contributed by atoms with van der Waals surface area (Å²) in [6.07, 6.45) is 28.4. The van der Waals surface area contributed by atoms with E-state index in [1.807, 2.05) is 0 Å². The molecule has 0 aliphatic rings. The molecule has 0 aliphatic heterocycles. The van der Waals surface area contributed by atoms with Crippen LogP contribution in [0.3, 0.4) is 0 Å². The molecule has 0 amide bonds. The Morgan fingerprint density at radius 2 is 0.613 bits per heavy atom. The molecule has 19 heteroatoms. The number of aliphatic hydroxyl groups excluding tert-OH is 1. The molecule has 17 nitrogen and oxygen atoms in total. The lowest BCUT2D eigenvalue weighted by atomic mass is 10.0. The van der Waals surface area contributed by atoms with E-state index in [0.29, 0.717) is 37.5 Å². The van der Waals surface area contributed by atoms with Crippen molar-refractivity contribution in [3.63, 3.8) is 0 Å². The highest BCUT2D eigenvalue weighted by molar-refractivity contribution is 7.47. The van der Waals surface area contributed by atoms with Gasteiger partial charge in [-0.05, 0) is 37.5 Å². The Morgan fingerprint density at radius 1 is 0.360 bits per heavy atom. The first-order valence-corrected chi connectivity index (χ1v) is 32.5. The third-order valence-corrected chi connectivity index (χ3v) is 14.6. The predicted molar refractivity (Wildman–Crippen MR) is 294 cm³/mol. The average molecular weight is 1120 g/mol. The number of hydrogen-bond acceptors (Lipinski definition) is 15. The standard InChI is InChI=1S/C56H108O17P2/c1-7-9-11-13-15-17-19-28-34-40-55(60)72-51(44-66-53(58)38-32-26-18-16-14-12-10-8-2)46-70-74(62,63)68-42-50(57)43-69-75(64,65)71-47-52(73-56(61)41-35-29-23-21-25-31-37-49(5)6)45-67-54(59)39-33-27-22-20-24-30-36-48(3)4/h48-52,57H,7-47H2,1-6H3,(H,62,63)(H,64,65)/t50-,51+,52+/m0/s1. The number of unbranched alkanes of at least 4 members (excludes halogenated alkanes) is 25. The normalized spacial score (nSPS) is 14.5. The summed E-state index contributed by atoms with van der Waals surface area (Å²) in [6.45, 7) is 9.20. The van der Waals surface area contributed by atoms with Crippen LogP contribution >= 0.6 is 15.6 Å². The molecular formula is C56H108O17P2. The minimum atomic E-state index is -4.93. The number of ether oxygens (including phenoxy) is 4. The van der Waals surface area contributed by atoms with Crippen molar-refractivity contribution in [2.75, 3.05) is 39.6 Å². The maximum absolute atomic E-state index is 12.9. The molecule has 0 saturated carbocycles. The minimum absolute atomic E-state index is 0.101. The molecule has 0 bridgehead atoms. The molecule has 0 aromatic carbocycles. The van der Waals surface area contributed by atoms with E-state index < -0.39 is 97.5 Å². The first-order chi connectivity index (χ1) is 35.9. The van der Waals surface area contributed by atoms with Gasteiger partial charge in [-0.1, -0.05) is 215 Å². The summed E-state index contributed by atoms with van der Waals surface area (Å²) in [7, 11) is -9.86. The van der Waals surface area contributed by atoms with E-state index in [2.05, 4.69) is 41.5 Å². The van der Waals surface area contributed by atoms with Gasteiger partial charge in [-0.25, -0.2) is 9.13 Å². The Bertz CT molecular complexity index is 1500. The van der Waals surface area contributed by atoms with Crippen molar-refractivity contribution in [2.24, 2.45) is 11.8 Å². The van der Waals surface area contributed by atoms with Crippen molar-refractivity contribution < 1.29 is 80.2 Å². The maximum Gasteiger partial charge on any atom is 0.472 e. The van der Waals surface area contributed by atoms with Crippen molar-refractivity contribution in [2.45, 2.75) is 285 Å². The molecule has 2 unspecified atom stereocenters. The van der Waals surface area contributed by atoms with Crippen LogP contribution in [0.25, 0.3) is 0 Å². The van der Waals surface area contributed by atoms with Crippen LogP contribution in [0.15, 0.2) is 0 Å². The summed E-state index contributed by atoms with van der Waals surface area (Å²) in [5.41, 5.74) is 0. The smallest absolute Gasteiger partial charge is 0.462 e. The van der Waals surface area contributed by atoms with Gasteiger partial charge in [-0.15, -0.1) is 0 Å². The molecule has 0 radical (unpaired) electrons. The third-order valence-electron chi connectivity index (χ3n) is 12.7. The zero-order valence-corrected chi connectivity index (χ0v) is 49.6. The summed E-state index contributed by atoms with van der Waals surface area (Å²) in [6, 6.07) is 0. The quantitative estimate of drug-likeness (QED) is 0.0222. The minimum Gasteiger partial charge on any atom is -0.462 e. The number of esters is 4. The van der Waals surface area contributed by atoms with Crippen LogP contribution in [-0.4, -0.2) is 96.7 Å². The van der Waals surface area contributed by atoms with Gasteiger partial charge in [0.2, 0.25) is 0 Å². The van der Waals surface area contributed by atoms with Gasteiger partial charge in [-0.3, -0.25) is 37.3 Å². The van der Waals surface area contributed by atoms with E-state index in [4.69, 9.17) is 37.0 Å². The van der Waals surface area contributed by atoms with Crippen molar-refractivity contribution in [1.29, 1.82) is 0 Å². The third kappa shape index (κ3) is 51.3. The summed E-state index contributed by atoms with van der Waals surface area (Å²) in [5, 5.41) is 10.5. The van der Waals surface area contributed by atoms with Crippen LogP contribution in [0.2, 0.25) is 0 Å². The molecule has 0 heterocycles. The number of phosphoric acid groups is 2. The zero-order chi connectivity index (χ0) is 55.8. The van der Waals surface area contributed by atoms with E-state index in [1.165, 1.54) is 70.6 Å². The Morgan fingerprint density at radius 3 is 0.907 bits per heavy atom. The van der Waals surface area contributed by atoms with Gasteiger partial charge in [-0.2, -0.15) is 0 Å². The van der Waals surface area contributed by atoms with Gasteiger partial charge < -0.3 is 33.8 Å². The first kappa shape index (κ1) is 73.1. The van der Waals surface area contributed by atoms with Crippen LogP contribution in [0, 0.1) is 11.8 Å². The van der Waals surface area contributed by atoms with E-state index >= 15 is 0 Å². The lowest BCUT2D eigenvalue weighted by molar-refractivity contribution is -0.161. The Kier molecular flexibility index (Phi) is 47.9. The van der Waals surface area contributed by atoms with Crippen molar-refractivity contribution in [3.8, 4) is 0 Å². The summed E-state index contributed by atoms with van der Waals surface area (Å²) >= 11 is 0. The summed E-state index contributed by atoms with van der Waals surface area (Å²) in [5.74, 6) is -0.806. The number of carbonyl (C=O) groups is 4. The lowest BCUT2D eigenvalue weighted by Gasteiger charge is -2.21. The molecule has 444 valence electrons. The second-order valence-corrected chi connectivity index (χ2v) is 24.2. The van der Waals surface area contributed by atoms with Gasteiger partial charge >= 0.3 is 39.5 Å². The summed E-state index contributed by atoms with van der Waals surface area (Å²) in [4.78, 5) is 71.6. The highest BCUT2D eigenvalue weighted by Gasteiger charge is 2.30. The fourth-order valence-corrected chi connectivity index (χ4v) is 9.70. The first-order valence-electron chi connectivity index (χ1n) is 29.5. The number of phosphoric ester groups is 2. The Labute approximate surface area is 454 Å². The number of hydrogen-bond donors (Lipinski definition) is 3.